The molecule has 29 heavy (non-hydrogen) atoms. The van der Waals surface area contributed by atoms with E-state index in [9.17, 15) is 5.11 Å². The Kier molecular flexibility index (Phi) is 7.62. The van der Waals surface area contributed by atoms with Crippen molar-refractivity contribution >= 4 is 17.5 Å². The van der Waals surface area contributed by atoms with Gasteiger partial charge in [0.15, 0.2) is 0 Å². The van der Waals surface area contributed by atoms with E-state index < -0.39 is 6.10 Å². The molecule has 1 saturated heterocycles. The third kappa shape index (κ3) is 6.28. The van der Waals surface area contributed by atoms with E-state index in [1.165, 1.54) is 12.8 Å². The van der Waals surface area contributed by atoms with E-state index in [1.54, 1.807) is 7.11 Å². The number of aryl methyl sites for hydroxylation is 1. The first-order valence-electron chi connectivity index (χ1n) is 10.0. The van der Waals surface area contributed by atoms with Gasteiger partial charge in [-0.3, -0.25) is 0 Å². The van der Waals surface area contributed by atoms with Crippen LogP contribution in [0.1, 0.15) is 24.1 Å². The molecule has 0 bridgehead atoms. The van der Waals surface area contributed by atoms with Crippen molar-refractivity contribution in [3.63, 3.8) is 0 Å². The summed E-state index contributed by atoms with van der Waals surface area (Å²) >= 11 is 0. The Balaban J connectivity index is 1.60. The lowest BCUT2D eigenvalue weighted by molar-refractivity contribution is 0.0129. The molecular formula is C21H31N5O3. The molecule has 1 aliphatic rings. The van der Waals surface area contributed by atoms with Crippen LogP contribution in [0, 0.1) is 6.92 Å². The van der Waals surface area contributed by atoms with Crippen molar-refractivity contribution in [2.75, 3.05) is 51.0 Å². The lowest BCUT2D eigenvalue weighted by atomic mass is 10.2. The highest BCUT2D eigenvalue weighted by atomic mass is 16.5. The smallest absolute Gasteiger partial charge is 0.229 e. The van der Waals surface area contributed by atoms with E-state index in [0.717, 1.165) is 41.6 Å². The number of benzene rings is 1. The second-order valence-electron chi connectivity index (χ2n) is 7.30. The molecule has 8 heteroatoms. The van der Waals surface area contributed by atoms with Gasteiger partial charge in [-0.25, -0.2) is 4.98 Å². The number of anilines is 3. The predicted octanol–water partition coefficient (Wildman–Crippen LogP) is 2.55. The number of aromatic nitrogens is 2. The van der Waals surface area contributed by atoms with Crippen LogP contribution in [0.4, 0.5) is 17.5 Å². The number of rotatable bonds is 10. The fraction of sp³-hybridized carbons (Fsp3) is 0.524. The van der Waals surface area contributed by atoms with Crippen LogP contribution >= 0.6 is 0 Å². The van der Waals surface area contributed by atoms with Gasteiger partial charge in [0.1, 0.15) is 11.6 Å². The summed E-state index contributed by atoms with van der Waals surface area (Å²) in [6, 6.07) is 7.63. The summed E-state index contributed by atoms with van der Waals surface area (Å²) in [5.41, 5.74) is 2.61. The fourth-order valence-corrected chi connectivity index (χ4v) is 3.47. The summed E-state index contributed by atoms with van der Waals surface area (Å²) in [6.07, 6.45) is 1.94. The molecule has 1 fully saturated rings. The lowest BCUT2D eigenvalue weighted by Crippen LogP contribution is -2.32. The van der Waals surface area contributed by atoms with E-state index >= 15 is 0 Å². The van der Waals surface area contributed by atoms with Gasteiger partial charge < -0.3 is 30.1 Å². The predicted molar refractivity (Wildman–Crippen MR) is 114 cm³/mol. The Morgan fingerprint density at radius 3 is 2.72 bits per heavy atom. The maximum Gasteiger partial charge on any atom is 0.229 e. The number of nitrogens with zero attached hydrogens (tertiary/aromatic N) is 3. The van der Waals surface area contributed by atoms with E-state index in [-0.39, 0.29) is 0 Å². The number of nitrogens with one attached hydrogen (secondary N) is 2. The summed E-state index contributed by atoms with van der Waals surface area (Å²) in [6.45, 7) is 5.37. The average Bonchev–Trinajstić information content (AvgIpc) is 3.20. The summed E-state index contributed by atoms with van der Waals surface area (Å²) < 4.78 is 11.2. The molecule has 0 unspecified atom stereocenters. The monoisotopic (exact) mass is 401 g/mol. The van der Waals surface area contributed by atoms with Gasteiger partial charge in [-0.1, -0.05) is 0 Å². The second kappa shape index (κ2) is 10.4. The van der Waals surface area contributed by atoms with Crippen LogP contribution < -0.4 is 15.4 Å². The van der Waals surface area contributed by atoms with Gasteiger partial charge in [-0.15, -0.1) is 0 Å². The third-order valence-corrected chi connectivity index (χ3v) is 4.88. The van der Waals surface area contributed by atoms with Gasteiger partial charge in [-0.05, 0) is 51.1 Å². The number of ether oxygens (including phenoxy) is 2. The molecule has 3 rings (SSSR count). The molecule has 1 atom stereocenters. The number of aliphatic hydroxyl groups is 1. The minimum absolute atomic E-state index is 0.295. The zero-order chi connectivity index (χ0) is 20.6. The zero-order valence-electron chi connectivity index (χ0n) is 17.4. The number of hydrogen-bond acceptors (Lipinski definition) is 8. The summed E-state index contributed by atoms with van der Waals surface area (Å²) in [7, 11) is 3.46. The molecule has 0 amide bonds. The Bertz CT molecular complexity index is 796. The van der Waals surface area contributed by atoms with Crippen LogP contribution in [0.3, 0.4) is 0 Å². The van der Waals surface area contributed by atoms with Gasteiger partial charge >= 0.3 is 0 Å². The van der Waals surface area contributed by atoms with Crippen molar-refractivity contribution in [3.8, 4) is 5.75 Å². The van der Waals surface area contributed by atoms with Crippen molar-refractivity contribution < 1.29 is 14.6 Å². The van der Waals surface area contributed by atoms with Gasteiger partial charge in [0.2, 0.25) is 5.95 Å². The van der Waals surface area contributed by atoms with E-state index in [2.05, 4.69) is 25.5 Å². The Hall–Kier alpha value is -2.42. The Morgan fingerprint density at radius 1 is 1.21 bits per heavy atom. The van der Waals surface area contributed by atoms with Crippen LogP contribution in [-0.2, 0) is 11.3 Å². The molecule has 158 valence electrons. The quantitative estimate of drug-likeness (QED) is 0.559. The lowest BCUT2D eigenvalue weighted by Gasteiger charge is -2.19. The van der Waals surface area contributed by atoms with Crippen LogP contribution in [0.2, 0.25) is 0 Å². The van der Waals surface area contributed by atoms with E-state index in [1.807, 2.05) is 38.2 Å². The van der Waals surface area contributed by atoms with Crippen molar-refractivity contribution in [1.29, 1.82) is 0 Å². The van der Waals surface area contributed by atoms with Gasteiger partial charge in [0.05, 0.1) is 26.4 Å². The number of hydrogen-bond donors (Lipinski definition) is 3. The molecule has 0 spiro atoms. The molecule has 0 saturated carbocycles. The minimum Gasteiger partial charge on any atom is -0.496 e. The first kappa shape index (κ1) is 21.3. The highest BCUT2D eigenvalue weighted by molar-refractivity contribution is 5.58. The maximum atomic E-state index is 10.2. The van der Waals surface area contributed by atoms with Gasteiger partial charge in [0, 0.05) is 36.6 Å². The molecule has 2 aromatic rings. The highest BCUT2D eigenvalue weighted by Gasteiger charge is 2.16. The Labute approximate surface area is 172 Å². The Morgan fingerprint density at radius 2 is 2.00 bits per heavy atom. The largest absolute Gasteiger partial charge is 0.496 e. The summed E-state index contributed by atoms with van der Waals surface area (Å²) in [5.74, 6) is 2.02. The van der Waals surface area contributed by atoms with Crippen LogP contribution in [0.25, 0.3) is 0 Å². The van der Waals surface area contributed by atoms with Crippen molar-refractivity contribution in [2.45, 2.75) is 32.5 Å². The first-order chi connectivity index (χ1) is 14.1. The highest BCUT2D eigenvalue weighted by Crippen LogP contribution is 2.25. The third-order valence-electron chi connectivity index (χ3n) is 4.88. The van der Waals surface area contributed by atoms with Gasteiger partial charge in [0.25, 0.3) is 0 Å². The maximum absolute atomic E-state index is 10.2. The molecule has 1 aromatic carbocycles. The minimum atomic E-state index is -0.485. The number of aliphatic hydroxyl groups excluding tert-OH is 1. The molecule has 8 nitrogen and oxygen atoms in total. The SMILES string of the molecule is CNc1cc(C)nc(Nc2ccc(OC)c(COC[C@@H](O)CN3CCCC3)c2)n1. The van der Waals surface area contributed by atoms with Crippen molar-refractivity contribution in [2.24, 2.45) is 0 Å². The van der Waals surface area contributed by atoms with E-state index in [4.69, 9.17) is 9.47 Å². The summed E-state index contributed by atoms with van der Waals surface area (Å²) in [5, 5.41) is 16.5. The van der Waals surface area contributed by atoms with Crippen LogP contribution in [0.5, 0.6) is 5.75 Å². The molecule has 1 aromatic heterocycles. The molecule has 0 radical (unpaired) electrons. The van der Waals surface area contributed by atoms with E-state index in [0.29, 0.717) is 25.7 Å². The topological polar surface area (TPSA) is 91.8 Å². The van der Waals surface area contributed by atoms with Crippen LogP contribution in [0.15, 0.2) is 24.3 Å². The van der Waals surface area contributed by atoms with Crippen LogP contribution in [-0.4, -0.2) is 66.5 Å². The normalized spacial score (nSPS) is 15.3. The standard InChI is InChI=1S/C21H31N5O3/c1-15-10-20(22-2)25-21(23-15)24-17-6-7-19(28-3)16(11-17)13-29-14-18(27)12-26-8-4-5-9-26/h6-7,10-11,18,27H,4-5,8-9,12-14H2,1-3H3,(H2,22,23,24,25)/t18-/m0/s1. The fourth-order valence-electron chi connectivity index (χ4n) is 3.47. The van der Waals surface area contributed by atoms with Gasteiger partial charge in [-0.2, -0.15) is 4.98 Å². The molecule has 0 aliphatic carbocycles. The molecule has 2 heterocycles. The zero-order valence-corrected chi connectivity index (χ0v) is 17.4. The first-order valence-corrected chi connectivity index (χ1v) is 10.0. The number of methoxy groups -OCH3 is 1. The number of β-amino-alcohol motifs (C(OH)–C–C–N with tert-alkyl or cyclic N) is 1. The molecule has 1 aliphatic heterocycles. The van der Waals surface area contributed by atoms with Crippen molar-refractivity contribution in [1.82, 2.24) is 14.9 Å². The average molecular weight is 402 g/mol. The number of likely N-dealkylation sites (tertiary alicyclic amines) is 1. The summed E-state index contributed by atoms with van der Waals surface area (Å²) in [4.78, 5) is 11.1. The van der Waals surface area contributed by atoms with Crippen molar-refractivity contribution in [3.05, 3.63) is 35.5 Å². The second-order valence-corrected chi connectivity index (χ2v) is 7.30. The molecular weight excluding hydrogens is 370 g/mol. The molecule has 3 N–H and O–H groups in total.